The summed E-state index contributed by atoms with van der Waals surface area (Å²) in [4.78, 5) is 5.27. The zero-order valence-corrected chi connectivity index (χ0v) is 11.0. The molecule has 3 aliphatic rings. The van der Waals surface area contributed by atoms with Crippen molar-refractivity contribution in [3.8, 4) is 0 Å². The van der Waals surface area contributed by atoms with Crippen LogP contribution in [0.5, 0.6) is 0 Å². The van der Waals surface area contributed by atoms with Crippen LogP contribution in [-0.4, -0.2) is 48.6 Å². The number of rotatable bonds is 3. The predicted octanol–water partition coefficient (Wildman–Crippen LogP) is 2.48. The Balaban J connectivity index is 1.58. The van der Waals surface area contributed by atoms with Crippen LogP contribution in [0.1, 0.15) is 18.4 Å². The third-order valence-electron chi connectivity index (χ3n) is 4.23. The fourth-order valence-corrected chi connectivity index (χ4v) is 3.09. The van der Waals surface area contributed by atoms with E-state index < -0.39 is 0 Å². The molecule has 3 saturated heterocycles. The summed E-state index contributed by atoms with van der Waals surface area (Å²) in [7, 11) is 0. The topological polar surface area (TPSA) is 6.48 Å². The number of benzene rings is 1. The molecule has 0 saturated carbocycles. The molecule has 2 bridgehead atoms. The third kappa shape index (κ3) is 2.82. The van der Waals surface area contributed by atoms with Gasteiger partial charge in [0.15, 0.2) is 0 Å². The quantitative estimate of drug-likeness (QED) is 0.803. The summed E-state index contributed by atoms with van der Waals surface area (Å²) in [6.45, 7) is 6.22. The standard InChI is InChI=1S/C16H22N2/c1-2-5-15(6-3-1)7-4-10-18-14-13-17-11-8-16(18)9-12-17/h1-7,16H,8-14H2. The molecule has 2 heteroatoms. The molecule has 0 atom stereocenters. The number of nitrogens with zero attached hydrogens (tertiary/aromatic N) is 2. The molecule has 2 nitrogen and oxygen atoms in total. The predicted molar refractivity (Wildman–Crippen MR) is 76.5 cm³/mol. The first-order valence-electron chi connectivity index (χ1n) is 7.10. The molecule has 1 aromatic carbocycles. The highest BCUT2D eigenvalue weighted by atomic mass is 15.3. The lowest BCUT2D eigenvalue weighted by Gasteiger charge is -2.30. The zero-order valence-electron chi connectivity index (χ0n) is 11.0. The van der Waals surface area contributed by atoms with E-state index in [-0.39, 0.29) is 0 Å². The molecule has 1 aromatic rings. The average molecular weight is 242 g/mol. The molecular weight excluding hydrogens is 220 g/mol. The van der Waals surface area contributed by atoms with Crippen LogP contribution in [0.15, 0.2) is 36.4 Å². The Morgan fingerprint density at radius 3 is 2.56 bits per heavy atom. The van der Waals surface area contributed by atoms with Gasteiger partial charge in [-0.2, -0.15) is 0 Å². The lowest BCUT2D eigenvalue weighted by atomic mass is 10.1. The minimum Gasteiger partial charge on any atom is -0.302 e. The minimum atomic E-state index is 0.823. The van der Waals surface area contributed by atoms with Gasteiger partial charge in [0, 0.05) is 25.7 Å². The molecule has 0 N–H and O–H groups in total. The first-order chi connectivity index (χ1) is 8.92. The SMILES string of the molecule is C(=Cc1ccccc1)CN1CCN2CCC1CC2. The van der Waals surface area contributed by atoms with Crippen molar-refractivity contribution in [1.29, 1.82) is 0 Å². The Bertz CT molecular complexity index is 391. The molecule has 3 fully saturated rings. The van der Waals surface area contributed by atoms with Crippen molar-refractivity contribution in [2.75, 3.05) is 32.7 Å². The number of fused-ring (bicyclic) bond motifs is 4. The van der Waals surface area contributed by atoms with Gasteiger partial charge in [-0.15, -0.1) is 0 Å². The van der Waals surface area contributed by atoms with Gasteiger partial charge in [-0.1, -0.05) is 42.5 Å². The van der Waals surface area contributed by atoms with Crippen LogP contribution in [0.4, 0.5) is 0 Å². The van der Waals surface area contributed by atoms with Crippen molar-refractivity contribution in [1.82, 2.24) is 9.80 Å². The molecule has 3 heterocycles. The van der Waals surface area contributed by atoms with E-state index in [4.69, 9.17) is 0 Å². The molecule has 0 spiro atoms. The molecule has 4 rings (SSSR count). The summed E-state index contributed by atoms with van der Waals surface area (Å²) in [6.07, 6.45) is 7.29. The Kier molecular flexibility index (Phi) is 3.77. The van der Waals surface area contributed by atoms with E-state index >= 15 is 0 Å². The van der Waals surface area contributed by atoms with Crippen molar-refractivity contribution in [2.24, 2.45) is 0 Å². The summed E-state index contributed by atoms with van der Waals surface area (Å²) < 4.78 is 0. The van der Waals surface area contributed by atoms with Crippen LogP contribution < -0.4 is 0 Å². The van der Waals surface area contributed by atoms with Crippen LogP contribution in [0.25, 0.3) is 6.08 Å². The van der Waals surface area contributed by atoms with E-state index in [1.165, 1.54) is 44.6 Å². The second-order valence-electron chi connectivity index (χ2n) is 5.38. The zero-order chi connectivity index (χ0) is 12.2. The van der Waals surface area contributed by atoms with Gasteiger partial charge in [-0.3, -0.25) is 4.90 Å². The Morgan fingerprint density at radius 2 is 1.78 bits per heavy atom. The van der Waals surface area contributed by atoms with E-state index in [1.807, 2.05) is 0 Å². The highest BCUT2D eigenvalue weighted by molar-refractivity contribution is 5.48. The van der Waals surface area contributed by atoms with E-state index in [1.54, 1.807) is 0 Å². The van der Waals surface area contributed by atoms with Gasteiger partial charge in [-0.05, 0) is 31.5 Å². The second kappa shape index (κ2) is 5.68. The first-order valence-corrected chi connectivity index (χ1v) is 7.10. The summed E-state index contributed by atoms with van der Waals surface area (Å²) in [5.74, 6) is 0. The summed E-state index contributed by atoms with van der Waals surface area (Å²) in [5, 5.41) is 0. The maximum Gasteiger partial charge on any atom is 0.0169 e. The number of piperidine rings is 1. The van der Waals surface area contributed by atoms with Crippen molar-refractivity contribution < 1.29 is 0 Å². The van der Waals surface area contributed by atoms with Crippen LogP contribution in [0.2, 0.25) is 0 Å². The summed E-state index contributed by atoms with van der Waals surface area (Å²) in [5.41, 5.74) is 1.31. The van der Waals surface area contributed by atoms with Gasteiger partial charge in [-0.25, -0.2) is 0 Å². The minimum absolute atomic E-state index is 0.823. The van der Waals surface area contributed by atoms with Crippen LogP contribution in [0, 0.1) is 0 Å². The molecule has 18 heavy (non-hydrogen) atoms. The fraction of sp³-hybridized carbons (Fsp3) is 0.500. The lowest BCUT2D eigenvalue weighted by Crippen LogP contribution is -2.37. The highest BCUT2D eigenvalue weighted by Crippen LogP contribution is 2.20. The van der Waals surface area contributed by atoms with Crippen molar-refractivity contribution in [3.63, 3.8) is 0 Å². The molecule has 3 aliphatic heterocycles. The van der Waals surface area contributed by atoms with Crippen molar-refractivity contribution in [2.45, 2.75) is 18.9 Å². The van der Waals surface area contributed by atoms with Crippen LogP contribution in [-0.2, 0) is 0 Å². The molecule has 0 amide bonds. The van der Waals surface area contributed by atoms with Gasteiger partial charge >= 0.3 is 0 Å². The Hall–Kier alpha value is -1.12. The van der Waals surface area contributed by atoms with Crippen LogP contribution in [0.3, 0.4) is 0 Å². The average Bonchev–Trinajstić information content (AvgIpc) is 2.74. The van der Waals surface area contributed by atoms with Gasteiger partial charge < -0.3 is 4.90 Å². The number of hydrogen-bond acceptors (Lipinski definition) is 2. The van der Waals surface area contributed by atoms with E-state index in [0.717, 1.165) is 12.6 Å². The second-order valence-corrected chi connectivity index (χ2v) is 5.38. The maximum atomic E-state index is 2.66. The fourth-order valence-electron chi connectivity index (χ4n) is 3.09. The van der Waals surface area contributed by atoms with Crippen molar-refractivity contribution in [3.05, 3.63) is 42.0 Å². The lowest BCUT2D eigenvalue weighted by molar-refractivity contribution is 0.196. The largest absolute Gasteiger partial charge is 0.302 e. The molecule has 0 aromatic heterocycles. The van der Waals surface area contributed by atoms with E-state index in [9.17, 15) is 0 Å². The van der Waals surface area contributed by atoms with E-state index in [0.29, 0.717) is 0 Å². The van der Waals surface area contributed by atoms with Gasteiger partial charge in [0.2, 0.25) is 0 Å². The molecule has 0 aliphatic carbocycles. The number of hydrogen-bond donors (Lipinski definition) is 0. The Labute approximate surface area is 110 Å². The molecule has 0 unspecified atom stereocenters. The van der Waals surface area contributed by atoms with Crippen molar-refractivity contribution >= 4 is 6.08 Å². The maximum absolute atomic E-state index is 2.66. The first kappa shape index (κ1) is 11.9. The van der Waals surface area contributed by atoms with Gasteiger partial charge in [0.1, 0.15) is 0 Å². The molecular formula is C16H22N2. The van der Waals surface area contributed by atoms with Gasteiger partial charge in [0.05, 0.1) is 0 Å². The summed E-state index contributed by atoms with van der Waals surface area (Å²) >= 11 is 0. The smallest absolute Gasteiger partial charge is 0.0169 e. The Morgan fingerprint density at radius 1 is 1.00 bits per heavy atom. The molecule has 96 valence electrons. The summed E-state index contributed by atoms with van der Waals surface area (Å²) in [6, 6.07) is 11.4. The van der Waals surface area contributed by atoms with Crippen LogP contribution >= 0.6 is 0 Å². The highest BCUT2D eigenvalue weighted by Gasteiger charge is 2.27. The van der Waals surface area contributed by atoms with Gasteiger partial charge in [0.25, 0.3) is 0 Å². The van der Waals surface area contributed by atoms with E-state index in [2.05, 4.69) is 52.3 Å². The molecule has 0 radical (unpaired) electrons. The normalized spacial score (nSPS) is 28.7. The monoisotopic (exact) mass is 242 g/mol. The third-order valence-corrected chi connectivity index (χ3v) is 4.23.